The molecule has 3 nitrogen and oxygen atoms in total. The lowest BCUT2D eigenvalue weighted by molar-refractivity contribution is 0.0696. The summed E-state index contributed by atoms with van der Waals surface area (Å²) in [6.45, 7) is 10.6. The molecule has 2 rings (SSSR count). The summed E-state index contributed by atoms with van der Waals surface area (Å²) in [4.78, 5) is 13.4. The van der Waals surface area contributed by atoms with E-state index in [1.54, 1.807) is 6.07 Å². The van der Waals surface area contributed by atoms with Gasteiger partial charge >= 0.3 is 5.97 Å². The molecule has 1 aromatic rings. The third-order valence-corrected chi connectivity index (χ3v) is 3.92. The highest BCUT2D eigenvalue weighted by Crippen LogP contribution is 2.36. The SMILES string of the molecule is Cc1ccc(N2CC(C(C)(C)C)C2)cc1C(=O)O. The van der Waals surface area contributed by atoms with Crippen molar-refractivity contribution in [2.24, 2.45) is 11.3 Å². The molecule has 18 heavy (non-hydrogen) atoms. The number of carbonyl (C=O) groups is 1. The second-order valence-corrected chi connectivity index (χ2v) is 6.27. The molecule has 0 aliphatic carbocycles. The third-order valence-electron chi connectivity index (χ3n) is 3.92. The quantitative estimate of drug-likeness (QED) is 0.872. The van der Waals surface area contributed by atoms with Gasteiger partial charge in [-0.25, -0.2) is 4.79 Å². The van der Waals surface area contributed by atoms with Gasteiger partial charge in [0.05, 0.1) is 5.56 Å². The number of hydrogen-bond acceptors (Lipinski definition) is 2. The van der Waals surface area contributed by atoms with Crippen molar-refractivity contribution in [1.82, 2.24) is 0 Å². The Morgan fingerprint density at radius 2 is 1.94 bits per heavy atom. The van der Waals surface area contributed by atoms with Crippen LogP contribution in [0.15, 0.2) is 18.2 Å². The Morgan fingerprint density at radius 3 is 2.44 bits per heavy atom. The lowest BCUT2D eigenvalue weighted by Gasteiger charge is -2.47. The van der Waals surface area contributed by atoms with Gasteiger partial charge in [0.1, 0.15) is 0 Å². The number of hydrogen-bond donors (Lipinski definition) is 1. The van der Waals surface area contributed by atoms with Crippen LogP contribution in [0.5, 0.6) is 0 Å². The van der Waals surface area contributed by atoms with E-state index in [9.17, 15) is 4.79 Å². The van der Waals surface area contributed by atoms with Crippen molar-refractivity contribution in [3.05, 3.63) is 29.3 Å². The summed E-state index contributed by atoms with van der Waals surface area (Å²) in [7, 11) is 0. The number of aryl methyl sites for hydroxylation is 1. The molecule has 0 spiro atoms. The van der Waals surface area contributed by atoms with Gasteiger partial charge < -0.3 is 10.0 Å². The number of aromatic carboxylic acids is 1. The Hall–Kier alpha value is -1.51. The summed E-state index contributed by atoms with van der Waals surface area (Å²) < 4.78 is 0. The molecule has 0 atom stereocenters. The fraction of sp³-hybridized carbons (Fsp3) is 0.533. The largest absolute Gasteiger partial charge is 0.478 e. The molecule has 0 bridgehead atoms. The fourth-order valence-corrected chi connectivity index (χ4v) is 2.27. The zero-order chi connectivity index (χ0) is 13.5. The van der Waals surface area contributed by atoms with Crippen LogP contribution in [-0.2, 0) is 0 Å². The lowest BCUT2D eigenvalue weighted by atomic mass is 9.76. The van der Waals surface area contributed by atoms with Crippen LogP contribution in [-0.4, -0.2) is 24.2 Å². The molecule has 0 radical (unpaired) electrons. The first-order valence-electron chi connectivity index (χ1n) is 6.38. The number of carboxylic acids is 1. The maximum Gasteiger partial charge on any atom is 0.336 e. The Balaban J connectivity index is 2.13. The number of benzene rings is 1. The van der Waals surface area contributed by atoms with Gasteiger partial charge in [0.15, 0.2) is 0 Å². The van der Waals surface area contributed by atoms with Crippen LogP contribution in [0.1, 0.15) is 36.7 Å². The highest BCUT2D eigenvalue weighted by atomic mass is 16.4. The van der Waals surface area contributed by atoms with Crippen LogP contribution in [0.2, 0.25) is 0 Å². The highest BCUT2D eigenvalue weighted by molar-refractivity contribution is 5.90. The van der Waals surface area contributed by atoms with E-state index in [1.165, 1.54) is 0 Å². The molecular weight excluding hydrogens is 226 g/mol. The number of rotatable bonds is 2. The first-order valence-corrected chi connectivity index (χ1v) is 6.38. The molecule has 0 unspecified atom stereocenters. The fourth-order valence-electron chi connectivity index (χ4n) is 2.27. The molecule has 0 saturated carbocycles. The summed E-state index contributed by atoms with van der Waals surface area (Å²) in [5.74, 6) is -0.158. The Morgan fingerprint density at radius 1 is 1.33 bits per heavy atom. The van der Waals surface area contributed by atoms with Crippen molar-refractivity contribution in [2.75, 3.05) is 18.0 Å². The summed E-state index contributed by atoms with van der Waals surface area (Å²) in [5.41, 5.74) is 2.58. The van der Waals surface area contributed by atoms with E-state index in [2.05, 4.69) is 25.7 Å². The van der Waals surface area contributed by atoms with Crippen LogP contribution in [0, 0.1) is 18.3 Å². The standard InChI is InChI=1S/C15H21NO2/c1-10-5-6-12(7-13(10)14(17)18)16-8-11(9-16)15(2,3)4/h5-7,11H,8-9H2,1-4H3,(H,17,18). The summed E-state index contributed by atoms with van der Waals surface area (Å²) in [5, 5.41) is 9.13. The van der Waals surface area contributed by atoms with Gasteiger partial charge in [0.25, 0.3) is 0 Å². The van der Waals surface area contributed by atoms with Gasteiger partial charge in [0.2, 0.25) is 0 Å². The van der Waals surface area contributed by atoms with Crippen molar-refractivity contribution >= 4 is 11.7 Å². The number of carboxylic acid groups (broad SMARTS) is 1. The van der Waals surface area contributed by atoms with Gasteiger partial charge in [-0.2, -0.15) is 0 Å². The van der Waals surface area contributed by atoms with Crippen LogP contribution in [0.25, 0.3) is 0 Å². The maximum absolute atomic E-state index is 11.1. The third kappa shape index (κ3) is 2.35. The van der Waals surface area contributed by atoms with E-state index in [4.69, 9.17) is 5.11 Å². The van der Waals surface area contributed by atoms with E-state index in [0.717, 1.165) is 24.3 Å². The van der Waals surface area contributed by atoms with Crippen LogP contribution < -0.4 is 4.90 Å². The first-order chi connectivity index (χ1) is 8.29. The smallest absolute Gasteiger partial charge is 0.336 e. The normalized spacial score (nSPS) is 16.6. The monoisotopic (exact) mass is 247 g/mol. The van der Waals surface area contributed by atoms with Gasteiger partial charge in [-0.05, 0) is 36.0 Å². The minimum absolute atomic E-state index is 0.330. The molecular formula is C15H21NO2. The van der Waals surface area contributed by atoms with Crippen LogP contribution >= 0.6 is 0 Å². The van der Waals surface area contributed by atoms with E-state index >= 15 is 0 Å². The Bertz CT molecular complexity index is 468. The van der Waals surface area contributed by atoms with Crippen molar-refractivity contribution in [2.45, 2.75) is 27.7 Å². The minimum atomic E-state index is -0.845. The molecule has 1 aliphatic rings. The zero-order valence-corrected chi connectivity index (χ0v) is 11.5. The molecule has 1 heterocycles. The maximum atomic E-state index is 11.1. The molecule has 1 aliphatic heterocycles. The minimum Gasteiger partial charge on any atom is -0.478 e. The summed E-state index contributed by atoms with van der Waals surface area (Å²) in [6.07, 6.45) is 0. The van der Waals surface area contributed by atoms with E-state index in [1.807, 2.05) is 19.1 Å². The van der Waals surface area contributed by atoms with Gasteiger partial charge in [-0.15, -0.1) is 0 Å². The van der Waals surface area contributed by atoms with Crippen molar-refractivity contribution in [1.29, 1.82) is 0 Å². The molecule has 0 amide bonds. The second kappa shape index (κ2) is 4.30. The van der Waals surface area contributed by atoms with Crippen molar-refractivity contribution < 1.29 is 9.90 Å². The van der Waals surface area contributed by atoms with Gasteiger partial charge in [-0.1, -0.05) is 26.8 Å². The van der Waals surface area contributed by atoms with E-state index in [-0.39, 0.29) is 0 Å². The van der Waals surface area contributed by atoms with Crippen molar-refractivity contribution in [3.63, 3.8) is 0 Å². The lowest BCUT2D eigenvalue weighted by Crippen LogP contribution is -2.52. The molecule has 1 fully saturated rings. The Labute approximate surface area is 108 Å². The van der Waals surface area contributed by atoms with Crippen molar-refractivity contribution in [3.8, 4) is 0 Å². The average molecular weight is 247 g/mol. The predicted molar refractivity (Wildman–Crippen MR) is 73.3 cm³/mol. The van der Waals surface area contributed by atoms with Gasteiger partial charge in [0, 0.05) is 18.8 Å². The average Bonchev–Trinajstić information content (AvgIpc) is 2.15. The second-order valence-electron chi connectivity index (χ2n) is 6.27. The zero-order valence-electron chi connectivity index (χ0n) is 11.5. The number of nitrogens with zero attached hydrogens (tertiary/aromatic N) is 1. The number of anilines is 1. The molecule has 0 aromatic heterocycles. The van der Waals surface area contributed by atoms with Crippen LogP contribution in [0.3, 0.4) is 0 Å². The predicted octanol–water partition coefficient (Wildman–Crippen LogP) is 3.18. The summed E-state index contributed by atoms with van der Waals surface area (Å²) in [6, 6.07) is 5.69. The molecule has 3 heteroatoms. The molecule has 98 valence electrons. The molecule has 1 saturated heterocycles. The van der Waals surface area contributed by atoms with E-state index < -0.39 is 5.97 Å². The topological polar surface area (TPSA) is 40.5 Å². The van der Waals surface area contributed by atoms with Crippen LogP contribution in [0.4, 0.5) is 5.69 Å². The van der Waals surface area contributed by atoms with E-state index in [0.29, 0.717) is 16.9 Å². The molecule has 1 aromatic carbocycles. The Kier molecular flexibility index (Phi) is 3.09. The highest BCUT2D eigenvalue weighted by Gasteiger charge is 2.35. The summed E-state index contributed by atoms with van der Waals surface area (Å²) >= 11 is 0. The van der Waals surface area contributed by atoms with Gasteiger partial charge in [-0.3, -0.25) is 0 Å². The molecule has 1 N–H and O–H groups in total. The first kappa shape index (κ1) is 12.9.